The number of fused-ring (bicyclic) bond motifs is 2. The summed E-state index contributed by atoms with van der Waals surface area (Å²) in [5, 5.41) is 4.42. The van der Waals surface area contributed by atoms with Crippen molar-refractivity contribution in [1.82, 2.24) is 15.2 Å². The number of hydrogen-bond acceptors (Lipinski definition) is 4. The molecule has 1 fully saturated rings. The first-order chi connectivity index (χ1) is 15.7. The second kappa shape index (κ2) is 9.35. The lowest BCUT2D eigenvalue weighted by atomic mass is 9.94. The Morgan fingerprint density at radius 1 is 1.03 bits per heavy atom. The highest BCUT2D eigenvalue weighted by Crippen LogP contribution is 2.32. The molecule has 2 aliphatic rings. The number of carbonyl (C=O) groups excluding carboxylic acids is 1. The minimum atomic E-state index is 0.231. The number of aromatic nitrogens is 1. The first-order valence-electron chi connectivity index (χ1n) is 11.8. The van der Waals surface area contributed by atoms with E-state index in [4.69, 9.17) is 0 Å². The smallest absolute Gasteiger partial charge is 0.228 e. The van der Waals surface area contributed by atoms with Crippen molar-refractivity contribution in [3.8, 4) is 0 Å². The minimum Gasteiger partial charge on any atom is -0.368 e. The third-order valence-corrected chi connectivity index (χ3v) is 6.97. The van der Waals surface area contributed by atoms with Crippen LogP contribution in [0.15, 0.2) is 54.7 Å². The average Bonchev–Trinajstić information content (AvgIpc) is 3.32. The SMILES string of the molecule is CNCCC(=O)N1c2ccccc2CCC1CN1CCN(c2cccc3[nH]ccc23)CC1. The summed E-state index contributed by atoms with van der Waals surface area (Å²) in [6.45, 7) is 5.74. The van der Waals surface area contributed by atoms with E-state index in [2.05, 4.69) is 73.5 Å². The van der Waals surface area contributed by atoms with Gasteiger partial charge in [-0.05, 0) is 49.7 Å². The number of H-pyrrole nitrogens is 1. The lowest BCUT2D eigenvalue weighted by molar-refractivity contribution is -0.119. The predicted octanol–water partition coefficient (Wildman–Crippen LogP) is 3.25. The van der Waals surface area contributed by atoms with E-state index in [1.165, 1.54) is 22.2 Å². The summed E-state index contributed by atoms with van der Waals surface area (Å²) in [5.41, 5.74) is 4.92. The number of benzene rings is 2. The second-order valence-electron chi connectivity index (χ2n) is 8.94. The van der Waals surface area contributed by atoms with Crippen molar-refractivity contribution in [3.63, 3.8) is 0 Å². The Bertz CT molecular complexity index is 1070. The third kappa shape index (κ3) is 4.12. The van der Waals surface area contributed by atoms with Crippen LogP contribution in [0.5, 0.6) is 0 Å². The molecule has 1 atom stereocenters. The maximum absolute atomic E-state index is 13.2. The van der Waals surface area contributed by atoms with E-state index in [1.54, 1.807) is 0 Å². The van der Waals surface area contributed by atoms with Gasteiger partial charge in [-0.25, -0.2) is 0 Å². The summed E-state index contributed by atoms with van der Waals surface area (Å²) in [6.07, 6.45) is 4.64. The van der Waals surface area contributed by atoms with Crippen LogP contribution in [0.1, 0.15) is 18.4 Å². The van der Waals surface area contributed by atoms with Gasteiger partial charge in [-0.2, -0.15) is 0 Å². The molecule has 0 radical (unpaired) electrons. The molecule has 2 aromatic carbocycles. The molecule has 3 heterocycles. The molecule has 0 aliphatic carbocycles. The summed E-state index contributed by atoms with van der Waals surface area (Å²) in [4.78, 5) is 23.6. The van der Waals surface area contributed by atoms with Gasteiger partial charge in [-0.3, -0.25) is 9.69 Å². The van der Waals surface area contributed by atoms with Gasteiger partial charge in [-0.15, -0.1) is 0 Å². The van der Waals surface area contributed by atoms with Gasteiger partial charge in [0.2, 0.25) is 5.91 Å². The zero-order chi connectivity index (χ0) is 21.9. The molecule has 1 saturated heterocycles. The lowest BCUT2D eigenvalue weighted by Crippen LogP contribution is -2.54. The van der Waals surface area contributed by atoms with Gasteiger partial charge in [0.1, 0.15) is 0 Å². The number of anilines is 2. The zero-order valence-electron chi connectivity index (χ0n) is 18.9. The van der Waals surface area contributed by atoms with Crippen molar-refractivity contribution in [3.05, 3.63) is 60.3 Å². The number of hydrogen-bond donors (Lipinski definition) is 2. The van der Waals surface area contributed by atoms with Crippen molar-refractivity contribution >= 4 is 28.2 Å². The normalized spacial score (nSPS) is 19.3. The molecule has 2 N–H and O–H groups in total. The maximum Gasteiger partial charge on any atom is 0.228 e. The number of rotatable bonds is 6. The molecule has 1 unspecified atom stereocenters. The van der Waals surface area contributed by atoms with E-state index in [-0.39, 0.29) is 11.9 Å². The molecule has 2 aliphatic heterocycles. The van der Waals surface area contributed by atoms with Gasteiger partial charge in [0.15, 0.2) is 0 Å². The largest absolute Gasteiger partial charge is 0.368 e. The Morgan fingerprint density at radius 2 is 1.84 bits per heavy atom. The Hall–Kier alpha value is -2.83. The maximum atomic E-state index is 13.2. The molecule has 1 amide bonds. The number of para-hydroxylation sites is 1. The molecule has 6 nitrogen and oxygen atoms in total. The third-order valence-electron chi connectivity index (χ3n) is 6.97. The first-order valence-corrected chi connectivity index (χ1v) is 11.8. The fraction of sp³-hybridized carbons (Fsp3) is 0.423. The second-order valence-corrected chi connectivity index (χ2v) is 8.94. The van der Waals surface area contributed by atoms with Crippen LogP contribution >= 0.6 is 0 Å². The highest BCUT2D eigenvalue weighted by Gasteiger charge is 2.32. The molecule has 0 bridgehead atoms. The summed E-state index contributed by atoms with van der Waals surface area (Å²) in [5.74, 6) is 0.231. The average molecular weight is 432 g/mol. The number of nitrogens with zero attached hydrogens (tertiary/aromatic N) is 3. The fourth-order valence-electron chi connectivity index (χ4n) is 5.28. The van der Waals surface area contributed by atoms with E-state index in [1.807, 2.05) is 13.2 Å². The van der Waals surface area contributed by atoms with Crippen molar-refractivity contribution in [2.45, 2.75) is 25.3 Å². The van der Waals surface area contributed by atoms with Crippen molar-refractivity contribution in [2.75, 3.05) is 56.1 Å². The van der Waals surface area contributed by atoms with Gasteiger partial charge in [-0.1, -0.05) is 24.3 Å². The molecular formula is C26H33N5O. The topological polar surface area (TPSA) is 54.6 Å². The number of aromatic amines is 1. The van der Waals surface area contributed by atoms with E-state index < -0.39 is 0 Å². The molecule has 32 heavy (non-hydrogen) atoms. The van der Waals surface area contributed by atoms with Crippen LogP contribution in [0.2, 0.25) is 0 Å². The summed E-state index contributed by atoms with van der Waals surface area (Å²) >= 11 is 0. The van der Waals surface area contributed by atoms with Gasteiger partial charge in [0.25, 0.3) is 0 Å². The van der Waals surface area contributed by atoms with Gasteiger partial charge in [0, 0.05) is 80.2 Å². The standard InChI is InChI=1S/C26H33N5O/c1-27-13-12-26(32)31-21(10-9-20-5-2-3-7-24(20)31)19-29-15-17-30(18-16-29)25-8-4-6-23-22(25)11-14-28-23/h2-8,11,14,21,27-28H,9-10,12-13,15-19H2,1H3. The van der Waals surface area contributed by atoms with Crippen LogP contribution in [-0.4, -0.2) is 68.1 Å². The van der Waals surface area contributed by atoms with Crippen LogP contribution in [0.3, 0.4) is 0 Å². The fourth-order valence-corrected chi connectivity index (χ4v) is 5.28. The van der Waals surface area contributed by atoms with Gasteiger partial charge >= 0.3 is 0 Å². The number of amides is 1. The number of nitrogens with one attached hydrogen (secondary N) is 2. The van der Waals surface area contributed by atoms with Crippen molar-refractivity contribution < 1.29 is 4.79 Å². The zero-order valence-corrected chi connectivity index (χ0v) is 18.9. The van der Waals surface area contributed by atoms with Crippen LogP contribution in [0.4, 0.5) is 11.4 Å². The molecule has 3 aromatic rings. The molecule has 0 spiro atoms. The Balaban J connectivity index is 1.27. The van der Waals surface area contributed by atoms with Crippen molar-refractivity contribution in [2.24, 2.45) is 0 Å². The summed E-state index contributed by atoms with van der Waals surface area (Å²) < 4.78 is 0. The van der Waals surface area contributed by atoms with Crippen LogP contribution in [0, 0.1) is 0 Å². The molecule has 1 aromatic heterocycles. The van der Waals surface area contributed by atoms with Gasteiger partial charge in [0.05, 0.1) is 0 Å². The lowest BCUT2D eigenvalue weighted by Gasteiger charge is -2.42. The Kier molecular flexibility index (Phi) is 6.14. The Morgan fingerprint density at radius 3 is 2.69 bits per heavy atom. The van der Waals surface area contributed by atoms with Crippen molar-refractivity contribution in [1.29, 1.82) is 0 Å². The van der Waals surface area contributed by atoms with Crippen LogP contribution in [-0.2, 0) is 11.2 Å². The summed E-state index contributed by atoms with van der Waals surface area (Å²) in [7, 11) is 1.91. The van der Waals surface area contributed by atoms with E-state index in [9.17, 15) is 4.79 Å². The first kappa shape index (κ1) is 21.0. The minimum absolute atomic E-state index is 0.231. The highest BCUT2D eigenvalue weighted by atomic mass is 16.2. The van der Waals surface area contributed by atoms with E-state index in [0.29, 0.717) is 13.0 Å². The van der Waals surface area contributed by atoms with Crippen LogP contribution < -0.4 is 15.1 Å². The van der Waals surface area contributed by atoms with Crippen LogP contribution in [0.25, 0.3) is 10.9 Å². The molecule has 168 valence electrons. The molecule has 0 saturated carbocycles. The quantitative estimate of drug-likeness (QED) is 0.629. The van der Waals surface area contributed by atoms with E-state index in [0.717, 1.165) is 51.3 Å². The molecule has 6 heteroatoms. The number of piperazine rings is 1. The predicted molar refractivity (Wildman–Crippen MR) is 132 cm³/mol. The number of carbonyl (C=O) groups is 1. The molecule has 5 rings (SSSR count). The van der Waals surface area contributed by atoms with E-state index >= 15 is 0 Å². The Labute approximate surface area is 190 Å². The number of aryl methyl sites for hydroxylation is 1. The van der Waals surface area contributed by atoms with Gasteiger partial charge < -0.3 is 20.1 Å². The highest BCUT2D eigenvalue weighted by molar-refractivity contribution is 5.95. The summed E-state index contributed by atoms with van der Waals surface area (Å²) in [6, 6.07) is 17.3. The molecular weight excluding hydrogens is 398 g/mol. The monoisotopic (exact) mass is 431 g/mol.